The summed E-state index contributed by atoms with van der Waals surface area (Å²) in [6.45, 7) is 3.74. The Bertz CT molecular complexity index is 305. The van der Waals surface area contributed by atoms with Crippen molar-refractivity contribution in [2.45, 2.75) is 44.8 Å². The van der Waals surface area contributed by atoms with Gasteiger partial charge in [-0.05, 0) is 25.2 Å². The minimum atomic E-state index is -0.283. The lowest BCUT2D eigenvalue weighted by Crippen LogP contribution is -2.46. The van der Waals surface area contributed by atoms with Gasteiger partial charge in [-0.1, -0.05) is 25.5 Å². The molecule has 4 nitrogen and oxygen atoms in total. The van der Waals surface area contributed by atoms with E-state index in [1.165, 1.54) is 12.8 Å². The number of hydrogen-bond donors (Lipinski definition) is 1. The molecule has 0 radical (unpaired) electrons. The smallest absolute Gasteiger partial charge is 0.147 e. The highest BCUT2D eigenvalue weighted by atomic mass is 16.7. The maximum Gasteiger partial charge on any atom is 0.147 e. The molecule has 2 aliphatic rings. The SMILES string of the molecule is COCCOCO[C@@H]1CCC[C@@H]2CC(O)C=C[C@]21C. The van der Waals surface area contributed by atoms with Gasteiger partial charge < -0.3 is 19.3 Å². The van der Waals surface area contributed by atoms with Crippen molar-refractivity contribution in [3.8, 4) is 0 Å². The summed E-state index contributed by atoms with van der Waals surface area (Å²) in [7, 11) is 1.66. The van der Waals surface area contributed by atoms with E-state index < -0.39 is 0 Å². The van der Waals surface area contributed by atoms with Crippen LogP contribution in [0.5, 0.6) is 0 Å². The summed E-state index contributed by atoms with van der Waals surface area (Å²) in [4.78, 5) is 0. The first-order valence-corrected chi connectivity index (χ1v) is 7.22. The number of hydrogen-bond acceptors (Lipinski definition) is 4. The van der Waals surface area contributed by atoms with E-state index in [4.69, 9.17) is 14.2 Å². The van der Waals surface area contributed by atoms with Crippen molar-refractivity contribution in [1.82, 2.24) is 0 Å². The molecule has 0 amide bonds. The Hall–Kier alpha value is -0.420. The molecule has 0 aromatic rings. The third-order valence-electron chi connectivity index (χ3n) is 4.58. The molecule has 0 aromatic carbocycles. The van der Waals surface area contributed by atoms with Crippen LogP contribution in [-0.2, 0) is 14.2 Å². The predicted molar refractivity (Wildman–Crippen MR) is 72.8 cm³/mol. The lowest BCUT2D eigenvalue weighted by molar-refractivity contribution is -0.149. The topological polar surface area (TPSA) is 47.9 Å². The van der Waals surface area contributed by atoms with E-state index in [9.17, 15) is 5.11 Å². The highest BCUT2D eigenvalue weighted by molar-refractivity contribution is 5.13. The van der Waals surface area contributed by atoms with Gasteiger partial charge in [0.1, 0.15) is 6.79 Å². The molecular weight excluding hydrogens is 244 g/mol. The van der Waals surface area contributed by atoms with Crippen molar-refractivity contribution >= 4 is 0 Å². The average Bonchev–Trinajstić information content (AvgIpc) is 2.40. The fourth-order valence-electron chi connectivity index (χ4n) is 3.33. The molecule has 2 rings (SSSR count). The molecule has 1 saturated carbocycles. The van der Waals surface area contributed by atoms with E-state index in [-0.39, 0.29) is 17.6 Å². The molecule has 0 spiro atoms. The molecule has 4 atom stereocenters. The molecule has 1 fully saturated rings. The summed E-state index contributed by atoms with van der Waals surface area (Å²) in [6.07, 6.45) is 8.27. The highest BCUT2D eigenvalue weighted by Gasteiger charge is 2.45. The van der Waals surface area contributed by atoms with Crippen molar-refractivity contribution in [1.29, 1.82) is 0 Å². The van der Waals surface area contributed by atoms with Gasteiger partial charge >= 0.3 is 0 Å². The zero-order valence-electron chi connectivity index (χ0n) is 12.0. The van der Waals surface area contributed by atoms with E-state index in [1.54, 1.807) is 7.11 Å². The van der Waals surface area contributed by atoms with Gasteiger partial charge in [0.15, 0.2) is 0 Å². The van der Waals surface area contributed by atoms with Gasteiger partial charge in [0.25, 0.3) is 0 Å². The van der Waals surface area contributed by atoms with Crippen LogP contribution in [0.2, 0.25) is 0 Å². The molecule has 0 aromatic heterocycles. The molecule has 0 bridgehead atoms. The third-order valence-corrected chi connectivity index (χ3v) is 4.58. The number of fused-ring (bicyclic) bond motifs is 1. The summed E-state index contributed by atoms with van der Waals surface area (Å²) >= 11 is 0. The molecule has 2 aliphatic carbocycles. The first kappa shape index (κ1) is 15.0. The first-order valence-electron chi connectivity index (χ1n) is 7.22. The minimum absolute atomic E-state index is 0.0437. The van der Waals surface area contributed by atoms with Crippen molar-refractivity contribution < 1.29 is 19.3 Å². The summed E-state index contributed by atoms with van der Waals surface area (Å²) in [5, 5.41) is 9.76. The van der Waals surface area contributed by atoms with Crippen molar-refractivity contribution in [2.24, 2.45) is 11.3 Å². The summed E-state index contributed by atoms with van der Waals surface area (Å²) in [5.74, 6) is 0.519. The third kappa shape index (κ3) is 3.57. The molecule has 0 aliphatic heterocycles. The van der Waals surface area contributed by atoms with Gasteiger partial charge in [-0.15, -0.1) is 0 Å². The Morgan fingerprint density at radius 3 is 2.95 bits per heavy atom. The molecule has 1 N–H and O–H groups in total. The zero-order chi connectivity index (χ0) is 13.7. The Kier molecular flexibility index (Phi) is 5.39. The van der Waals surface area contributed by atoms with Crippen LogP contribution in [0.15, 0.2) is 12.2 Å². The summed E-state index contributed by atoms with van der Waals surface area (Å²) < 4.78 is 16.3. The number of methoxy groups -OCH3 is 1. The van der Waals surface area contributed by atoms with Crippen LogP contribution >= 0.6 is 0 Å². The van der Waals surface area contributed by atoms with Crippen molar-refractivity contribution in [2.75, 3.05) is 27.1 Å². The van der Waals surface area contributed by atoms with Crippen LogP contribution < -0.4 is 0 Å². The van der Waals surface area contributed by atoms with Crippen LogP contribution in [-0.4, -0.2) is 44.4 Å². The molecule has 0 heterocycles. The van der Waals surface area contributed by atoms with Crippen LogP contribution in [0.25, 0.3) is 0 Å². The number of aliphatic hydroxyl groups is 1. The van der Waals surface area contributed by atoms with E-state index in [0.29, 0.717) is 25.9 Å². The fourth-order valence-corrected chi connectivity index (χ4v) is 3.33. The number of ether oxygens (including phenoxy) is 3. The molecular formula is C15H26O4. The fraction of sp³-hybridized carbons (Fsp3) is 0.867. The van der Waals surface area contributed by atoms with E-state index in [0.717, 1.165) is 12.8 Å². The van der Waals surface area contributed by atoms with Gasteiger partial charge in [0.2, 0.25) is 0 Å². The Morgan fingerprint density at radius 1 is 1.32 bits per heavy atom. The second kappa shape index (κ2) is 6.84. The largest absolute Gasteiger partial charge is 0.389 e. The second-order valence-corrected chi connectivity index (χ2v) is 5.83. The zero-order valence-corrected chi connectivity index (χ0v) is 12.0. The molecule has 19 heavy (non-hydrogen) atoms. The quantitative estimate of drug-likeness (QED) is 0.456. The second-order valence-electron chi connectivity index (χ2n) is 5.83. The average molecular weight is 270 g/mol. The molecule has 1 unspecified atom stereocenters. The van der Waals surface area contributed by atoms with Crippen LogP contribution in [0.1, 0.15) is 32.6 Å². The van der Waals surface area contributed by atoms with Gasteiger partial charge in [-0.2, -0.15) is 0 Å². The van der Waals surface area contributed by atoms with E-state index >= 15 is 0 Å². The monoisotopic (exact) mass is 270 g/mol. The molecule has 0 saturated heterocycles. The lowest BCUT2D eigenvalue weighted by Gasteiger charge is -2.48. The maximum absolute atomic E-state index is 9.76. The van der Waals surface area contributed by atoms with Crippen molar-refractivity contribution in [3.63, 3.8) is 0 Å². The minimum Gasteiger partial charge on any atom is -0.389 e. The van der Waals surface area contributed by atoms with Crippen molar-refractivity contribution in [3.05, 3.63) is 12.2 Å². The van der Waals surface area contributed by atoms with E-state index in [1.807, 2.05) is 6.08 Å². The predicted octanol–water partition coefficient (Wildman–Crippen LogP) is 2.12. The van der Waals surface area contributed by atoms with Gasteiger partial charge in [0, 0.05) is 12.5 Å². The standard InChI is InChI=1S/C15H26O4/c1-15-7-6-13(16)10-12(15)4-3-5-14(15)19-11-18-9-8-17-2/h6-7,12-14,16H,3-5,8-11H2,1-2H3/t12-,13?,14-,15-/m1/s1. The highest BCUT2D eigenvalue weighted by Crippen LogP contribution is 2.48. The maximum atomic E-state index is 9.76. The van der Waals surface area contributed by atoms with Gasteiger partial charge in [-0.3, -0.25) is 0 Å². The summed E-state index contributed by atoms with van der Waals surface area (Å²) in [5.41, 5.74) is 0.0437. The Balaban J connectivity index is 1.87. The van der Waals surface area contributed by atoms with Gasteiger partial charge in [0.05, 0.1) is 25.4 Å². The van der Waals surface area contributed by atoms with Crippen LogP contribution in [0, 0.1) is 11.3 Å². The lowest BCUT2D eigenvalue weighted by atomic mass is 9.61. The first-order chi connectivity index (χ1) is 9.16. The number of rotatable bonds is 6. The normalized spacial score (nSPS) is 38.2. The molecule has 4 heteroatoms. The Morgan fingerprint density at radius 2 is 2.16 bits per heavy atom. The number of aliphatic hydroxyl groups excluding tert-OH is 1. The van der Waals surface area contributed by atoms with Crippen LogP contribution in [0.3, 0.4) is 0 Å². The Labute approximate surface area is 115 Å². The van der Waals surface area contributed by atoms with Gasteiger partial charge in [-0.25, -0.2) is 0 Å². The van der Waals surface area contributed by atoms with E-state index in [2.05, 4.69) is 13.0 Å². The summed E-state index contributed by atoms with van der Waals surface area (Å²) in [6, 6.07) is 0. The van der Waals surface area contributed by atoms with Crippen LogP contribution in [0.4, 0.5) is 0 Å². The molecule has 110 valence electrons.